The molecule has 1 aliphatic rings. The van der Waals surface area contributed by atoms with Crippen molar-refractivity contribution in [1.29, 1.82) is 0 Å². The predicted molar refractivity (Wildman–Crippen MR) is 80.7 cm³/mol. The number of carboxylic acids is 1. The normalized spacial score (nSPS) is 18.5. The van der Waals surface area contributed by atoms with Gasteiger partial charge in [-0.2, -0.15) is 0 Å². The van der Waals surface area contributed by atoms with E-state index in [1.54, 1.807) is 13.8 Å². The summed E-state index contributed by atoms with van der Waals surface area (Å²) in [5.74, 6) is -1.45. The van der Waals surface area contributed by atoms with Crippen molar-refractivity contribution in [1.82, 2.24) is 4.90 Å². The molecule has 7 heteroatoms. The first-order valence-electron chi connectivity index (χ1n) is 6.98. The number of aliphatic carboxylic acids is 1. The van der Waals surface area contributed by atoms with Crippen LogP contribution < -0.4 is 0 Å². The van der Waals surface area contributed by atoms with E-state index in [9.17, 15) is 23.1 Å². The molecule has 0 bridgehead atoms. The lowest BCUT2D eigenvalue weighted by Crippen LogP contribution is -2.40. The maximum absolute atomic E-state index is 12.7. The van der Waals surface area contributed by atoms with Gasteiger partial charge in [-0.05, 0) is 49.9 Å². The number of hydrogen-bond acceptors (Lipinski definition) is 4. The summed E-state index contributed by atoms with van der Waals surface area (Å²) in [4.78, 5) is 25.3. The van der Waals surface area contributed by atoms with Crippen molar-refractivity contribution in [2.24, 2.45) is 0 Å². The summed E-state index contributed by atoms with van der Waals surface area (Å²) in [6, 6.07) is 2.03. The first-order chi connectivity index (χ1) is 10.1. The van der Waals surface area contributed by atoms with E-state index in [1.807, 2.05) is 0 Å². The van der Waals surface area contributed by atoms with E-state index < -0.39 is 27.8 Å². The van der Waals surface area contributed by atoms with E-state index in [1.165, 1.54) is 17.0 Å². The van der Waals surface area contributed by atoms with Gasteiger partial charge in [0.05, 0.1) is 4.90 Å². The summed E-state index contributed by atoms with van der Waals surface area (Å²) in [5, 5.41) is 9.20. The van der Waals surface area contributed by atoms with E-state index >= 15 is 0 Å². The summed E-state index contributed by atoms with van der Waals surface area (Å²) >= 11 is 0. The van der Waals surface area contributed by atoms with Crippen LogP contribution in [-0.4, -0.2) is 49.1 Å². The fraction of sp³-hybridized carbons (Fsp3) is 0.467. The van der Waals surface area contributed by atoms with Crippen LogP contribution in [0.1, 0.15) is 34.3 Å². The third-order valence-corrected chi connectivity index (χ3v) is 5.19. The zero-order valence-corrected chi connectivity index (χ0v) is 13.6. The molecule has 1 aromatic rings. The Morgan fingerprint density at radius 3 is 2.45 bits per heavy atom. The van der Waals surface area contributed by atoms with Crippen molar-refractivity contribution in [3.05, 3.63) is 28.8 Å². The molecule has 1 heterocycles. The number of likely N-dealkylation sites (tertiary alicyclic amines) is 1. The van der Waals surface area contributed by atoms with Crippen LogP contribution in [0.15, 0.2) is 17.0 Å². The highest BCUT2D eigenvalue weighted by Gasteiger charge is 2.35. The SMILES string of the molecule is Cc1cc(S(C)(=O)=O)cc(C(=O)N2CCC[C@H]2C(=O)O)c1C. The highest BCUT2D eigenvalue weighted by molar-refractivity contribution is 7.90. The second kappa shape index (κ2) is 5.72. The summed E-state index contributed by atoms with van der Waals surface area (Å²) < 4.78 is 23.5. The van der Waals surface area contributed by atoms with Gasteiger partial charge in [-0.15, -0.1) is 0 Å². The van der Waals surface area contributed by atoms with E-state index in [0.29, 0.717) is 30.5 Å². The minimum Gasteiger partial charge on any atom is -0.480 e. The van der Waals surface area contributed by atoms with E-state index in [2.05, 4.69) is 0 Å². The molecule has 22 heavy (non-hydrogen) atoms. The molecule has 1 aromatic carbocycles. The Labute approximate surface area is 129 Å². The van der Waals surface area contributed by atoms with Gasteiger partial charge in [-0.25, -0.2) is 13.2 Å². The van der Waals surface area contributed by atoms with Gasteiger partial charge in [0.2, 0.25) is 0 Å². The monoisotopic (exact) mass is 325 g/mol. The van der Waals surface area contributed by atoms with Crippen LogP contribution >= 0.6 is 0 Å². The molecule has 1 amide bonds. The Balaban J connectivity index is 2.50. The van der Waals surface area contributed by atoms with Gasteiger partial charge in [0.15, 0.2) is 9.84 Å². The van der Waals surface area contributed by atoms with Crippen molar-refractivity contribution >= 4 is 21.7 Å². The molecular formula is C15H19NO5S. The number of amides is 1. The van der Waals surface area contributed by atoms with Crippen molar-refractivity contribution in [2.45, 2.75) is 37.6 Å². The second-order valence-corrected chi connectivity index (χ2v) is 7.70. The number of carbonyl (C=O) groups excluding carboxylic acids is 1. The average Bonchev–Trinajstić information content (AvgIpc) is 2.89. The quantitative estimate of drug-likeness (QED) is 0.907. The number of aryl methyl sites for hydroxylation is 1. The molecule has 0 saturated carbocycles. The van der Waals surface area contributed by atoms with Crippen molar-refractivity contribution in [3.8, 4) is 0 Å². The predicted octanol–water partition coefficient (Wildman–Crippen LogP) is 1.40. The zero-order valence-electron chi connectivity index (χ0n) is 12.8. The highest BCUT2D eigenvalue weighted by atomic mass is 32.2. The van der Waals surface area contributed by atoms with Gasteiger partial charge in [-0.3, -0.25) is 4.79 Å². The van der Waals surface area contributed by atoms with Crippen LogP contribution in [0.2, 0.25) is 0 Å². The van der Waals surface area contributed by atoms with Gasteiger partial charge < -0.3 is 10.0 Å². The molecule has 0 aliphatic carbocycles. The highest BCUT2D eigenvalue weighted by Crippen LogP contribution is 2.25. The number of carbonyl (C=O) groups is 2. The maximum atomic E-state index is 12.7. The summed E-state index contributed by atoms with van der Waals surface area (Å²) in [6.07, 6.45) is 2.14. The van der Waals surface area contributed by atoms with E-state index in [-0.39, 0.29) is 10.5 Å². The van der Waals surface area contributed by atoms with Gasteiger partial charge in [0.1, 0.15) is 6.04 Å². The molecule has 6 nitrogen and oxygen atoms in total. The van der Waals surface area contributed by atoms with Gasteiger partial charge >= 0.3 is 5.97 Å². The first-order valence-corrected chi connectivity index (χ1v) is 8.87. The Morgan fingerprint density at radius 2 is 1.91 bits per heavy atom. The Bertz CT molecular complexity index is 739. The molecule has 2 rings (SSSR count). The third kappa shape index (κ3) is 2.99. The lowest BCUT2D eigenvalue weighted by atomic mass is 10.0. The van der Waals surface area contributed by atoms with Crippen LogP contribution in [0, 0.1) is 13.8 Å². The number of nitrogens with zero attached hydrogens (tertiary/aromatic N) is 1. The smallest absolute Gasteiger partial charge is 0.326 e. The largest absolute Gasteiger partial charge is 0.480 e. The molecule has 1 aliphatic heterocycles. The van der Waals surface area contributed by atoms with Gasteiger partial charge in [-0.1, -0.05) is 0 Å². The number of carboxylic acid groups (broad SMARTS) is 1. The number of benzene rings is 1. The molecule has 0 radical (unpaired) electrons. The molecule has 1 fully saturated rings. The van der Waals surface area contributed by atoms with Crippen molar-refractivity contribution in [3.63, 3.8) is 0 Å². The first kappa shape index (κ1) is 16.5. The molecule has 0 aromatic heterocycles. The van der Waals surface area contributed by atoms with Gasteiger partial charge in [0, 0.05) is 18.4 Å². The maximum Gasteiger partial charge on any atom is 0.326 e. The second-order valence-electron chi connectivity index (χ2n) is 5.68. The molecule has 120 valence electrons. The minimum atomic E-state index is -3.44. The van der Waals surface area contributed by atoms with Crippen LogP contribution in [0.25, 0.3) is 0 Å². The summed E-state index contributed by atoms with van der Waals surface area (Å²) in [5.41, 5.74) is 1.62. The van der Waals surface area contributed by atoms with E-state index in [4.69, 9.17) is 0 Å². The summed E-state index contributed by atoms with van der Waals surface area (Å²) in [7, 11) is -3.44. The lowest BCUT2D eigenvalue weighted by Gasteiger charge is -2.23. The fourth-order valence-electron chi connectivity index (χ4n) is 2.68. The molecule has 1 N–H and O–H groups in total. The zero-order chi connectivity index (χ0) is 16.7. The fourth-order valence-corrected chi connectivity index (χ4v) is 3.41. The number of hydrogen-bond donors (Lipinski definition) is 1. The van der Waals surface area contributed by atoms with E-state index in [0.717, 1.165) is 6.26 Å². The molecule has 0 unspecified atom stereocenters. The number of rotatable bonds is 3. The van der Waals surface area contributed by atoms with Gasteiger partial charge in [0.25, 0.3) is 5.91 Å². The van der Waals surface area contributed by atoms with Crippen LogP contribution in [-0.2, 0) is 14.6 Å². The standard InChI is InChI=1S/C15H19NO5S/c1-9-7-11(22(3,20)21)8-12(10(9)2)14(17)16-6-4-5-13(16)15(18)19/h7-8,13H,4-6H2,1-3H3,(H,18,19)/t13-/m0/s1. The molecular weight excluding hydrogens is 306 g/mol. The van der Waals surface area contributed by atoms with Crippen LogP contribution in [0.5, 0.6) is 0 Å². The number of sulfone groups is 1. The summed E-state index contributed by atoms with van der Waals surface area (Å²) in [6.45, 7) is 3.84. The topological polar surface area (TPSA) is 91.8 Å². The van der Waals surface area contributed by atoms with Crippen LogP contribution in [0.3, 0.4) is 0 Å². The lowest BCUT2D eigenvalue weighted by molar-refractivity contribution is -0.141. The molecule has 1 saturated heterocycles. The third-order valence-electron chi connectivity index (χ3n) is 4.10. The Morgan fingerprint density at radius 1 is 1.27 bits per heavy atom. The molecule has 0 spiro atoms. The molecule has 1 atom stereocenters. The minimum absolute atomic E-state index is 0.0741. The van der Waals surface area contributed by atoms with Crippen molar-refractivity contribution in [2.75, 3.05) is 12.8 Å². The van der Waals surface area contributed by atoms with Crippen molar-refractivity contribution < 1.29 is 23.1 Å². The average molecular weight is 325 g/mol. The van der Waals surface area contributed by atoms with Crippen LogP contribution in [0.4, 0.5) is 0 Å². The Kier molecular flexibility index (Phi) is 4.28. The Hall–Kier alpha value is -1.89.